The Bertz CT molecular complexity index is 1000. The molecule has 0 bridgehead atoms. The number of rotatable bonds is 7. The molecule has 0 saturated heterocycles. The van der Waals surface area contributed by atoms with Crippen LogP contribution in [0.4, 0.5) is 0 Å². The zero-order valence-electron chi connectivity index (χ0n) is 15.2. The maximum absolute atomic E-state index is 9.51. The topological polar surface area (TPSA) is 60.7 Å². The molecule has 5 nitrogen and oxygen atoms in total. The SMILES string of the molecule is COc1ccc(Oc2cccc(OC)c2C#N)c(-c2ccc(OSS)cc2)c1. The highest BCUT2D eigenvalue weighted by molar-refractivity contribution is 8.66. The molecule has 0 aliphatic carbocycles. The molecule has 0 aromatic heterocycles. The predicted molar refractivity (Wildman–Crippen MR) is 113 cm³/mol. The van der Waals surface area contributed by atoms with Crippen LogP contribution in [0.15, 0.2) is 60.7 Å². The molecule has 0 amide bonds. The standard InChI is InChI=1S/C21H17NO4S2/c1-23-16-10-11-21(25-20-5-3-4-19(24-2)18(20)13-22)17(12-16)14-6-8-15(9-7-14)26-28-27/h3-12,27H,1-2H3. The fourth-order valence-corrected chi connectivity index (χ4v) is 3.13. The average molecular weight is 412 g/mol. The van der Waals surface area contributed by atoms with Crippen LogP contribution in [0.3, 0.4) is 0 Å². The number of hydrogen-bond acceptors (Lipinski definition) is 7. The van der Waals surface area contributed by atoms with E-state index in [0.717, 1.165) is 22.2 Å². The Morgan fingerprint density at radius 1 is 0.857 bits per heavy atom. The van der Waals surface area contributed by atoms with Crippen molar-refractivity contribution in [1.29, 1.82) is 5.26 Å². The van der Waals surface area contributed by atoms with E-state index in [1.54, 1.807) is 31.4 Å². The Kier molecular flexibility index (Phi) is 6.58. The van der Waals surface area contributed by atoms with Gasteiger partial charge in [0.05, 0.1) is 14.2 Å². The molecular formula is C21H17NO4S2. The van der Waals surface area contributed by atoms with E-state index in [1.165, 1.54) is 7.11 Å². The Hall–Kier alpha value is -2.95. The van der Waals surface area contributed by atoms with Gasteiger partial charge in [-0.15, -0.1) is 0 Å². The number of hydrogen-bond donors (Lipinski definition) is 1. The second-order valence-electron chi connectivity index (χ2n) is 5.59. The zero-order chi connectivity index (χ0) is 19.9. The highest BCUT2D eigenvalue weighted by Crippen LogP contribution is 2.39. The lowest BCUT2D eigenvalue weighted by Gasteiger charge is -2.15. The first-order chi connectivity index (χ1) is 13.7. The third kappa shape index (κ3) is 4.30. The van der Waals surface area contributed by atoms with E-state index in [2.05, 4.69) is 17.7 Å². The van der Waals surface area contributed by atoms with Gasteiger partial charge in [-0.05, 0) is 48.0 Å². The Balaban J connectivity index is 2.04. The zero-order valence-corrected chi connectivity index (χ0v) is 16.9. The van der Waals surface area contributed by atoms with E-state index < -0.39 is 0 Å². The van der Waals surface area contributed by atoms with Crippen LogP contribution in [0.1, 0.15) is 5.56 Å². The summed E-state index contributed by atoms with van der Waals surface area (Å²) >= 11 is 4.96. The molecular weight excluding hydrogens is 394 g/mol. The summed E-state index contributed by atoms with van der Waals surface area (Å²) < 4.78 is 22.0. The van der Waals surface area contributed by atoms with Crippen LogP contribution in [0.2, 0.25) is 0 Å². The van der Waals surface area contributed by atoms with Gasteiger partial charge in [0.2, 0.25) is 0 Å². The van der Waals surface area contributed by atoms with Gasteiger partial charge in [-0.25, -0.2) is 0 Å². The number of thiol groups is 1. The number of benzene rings is 3. The molecule has 0 atom stereocenters. The van der Waals surface area contributed by atoms with E-state index in [4.69, 9.17) is 18.4 Å². The highest BCUT2D eigenvalue weighted by atomic mass is 33.1. The van der Waals surface area contributed by atoms with Crippen molar-refractivity contribution in [1.82, 2.24) is 0 Å². The van der Waals surface area contributed by atoms with Gasteiger partial charge in [-0.2, -0.15) is 5.26 Å². The van der Waals surface area contributed by atoms with E-state index >= 15 is 0 Å². The van der Waals surface area contributed by atoms with Crippen molar-refractivity contribution in [3.8, 4) is 45.9 Å². The van der Waals surface area contributed by atoms with Gasteiger partial charge >= 0.3 is 0 Å². The number of ether oxygens (including phenoxy) is 3. The minimum absolute atomic E-state index is 0.335. The molecule has 0 spiro atoms. The van der Waals surface area contributed by atoms with Crippen LogP contribution in [0.5, 0.6) is 28.7 Å². The summed E-state index contributed by atoms with van der Waals surface area (Å²) in [7, 11) is 3.13. The molecule has 3 aromatic rings. The van der Waals surface area contributed by atoms with Crippen molar-refractivity contribution < 1.29 is 18.4 Å². The summed E-state index contributed by atoms with van der Waals surface area (Å²) in [5.41, 5.74) is 2.06. The lowest BCUT2D eigenvalue weighted by molar-refractivity contribution is 0.406. The minimum Gasteiger partial charge on any atom is -0.497 e. The molecule has 3 aromatic carbocycles. The maximum Gasteiger partial charge on any atom is 0.149 e. The minimum atomic E-state index is 0.335. The molecule has 142 valence electrons. The molecule has 0 aliphatic heterocycles. The molecule has 0 N–H and O–H groups in total. The van der Waals surface area contributed by atoms with Crippen LogP contribution in [-0.2, 0) is 0 Å². The summed E-state index contributed by atoms with van der Waals surface area (Å²) in [6, 6.07) is 20.4. The highest BCUT2D eigenvalue weighted by Gasteiger charge is 2.14. The van der Waals surface area contributed by atoms with Gasteiger partial charge in [0.25, 0.3) is 0 Å². The van der Waals surface area contributed by atoms with E-state index in [1.807, 2.05) is 36.4 Å². The van der Waals surface area contributed by atoms with E-state index in [0.29, 0.717) is 34.3 Å². The molecule has 0 radical (unpaired) electrons. The van der Waals surface area contributed by atoms with Crippen molar-refractivity contribution in [3.63, 3.8) is 0 Å². The fourth-order valence-electron chi connectivity index (χ4n) is 2.68. The van der Waals surface area contributed by atoms with E-state index in [-0.39, 0.29) is 0 Å². The third-order valence-corrected chi connectivity index (χ3v) is 4.52. The molecule has 3 rings (SSSR count). The Morgan fingerprint density at radius 2 is 1.57 bits per heavy atom. The number of nitriles is 1. The Morgan fingerprint density at radius 3 is 2.21 bits per heavy atom. The van der Waals surface area contributed by atoms with Crippen LogP contribution < -0.4 is 18.4 Å². The number of methoxy groups -OCH3 is 2. The summed E-state index contributed by atoms with van der Waals surface area (Å²) in [4.78, 5) is 0. The van der Waals surface area contributed by atoms with Crippen molar-refractivity contribution >= 4 is 22.7 Å². The van der Waals surface area contributed by atoms with Crippen molar-refractivity contribution in [2.75, 3.05) is 14.2 Å². The summed E-state index contributed by atoms with van der Waals surface area (Å²) in [6.45, 7) is 0. The molecule has 0 unspecified atom stereocenters. The summed E-state index contributed by atoms with van der Waals surface area (Å²) in [5.74, 6) is 2.84. The van der Waals surface area contributed by atoms with Gasteiger partial charge in [0, 0.05) is 5.56 Å². The molecule has 0 saturated carbocycles. The molecule has 0 fully saturated rings. The van der Waals surface area contributed by atoms with Gasteiger partial charge < -0.3 is 18.4 Å². The second kappa shape index (κ2) is 9.31. The van der Waals surface area contributed by atoms with Crippen LogP contribution in [0, 0.1) is 11.3 Å². The normalized spacial score (nSPS) is 10.1. The maximum atomic E-state index is 9.51. The van der Waals surface area contributed by atoms with Gasteiger partial charge in [0.15, 0.2) is 0 Å². The van der Waals surface area contributed by atoms with Gasteiger partial charge in [-0.3, -0.25) is 0 Å². The van der Waals surface area contributed by atoms with E-state index in [9.17, 15) is 5.26 Å². The summed E-state index contributed by atoms with van der Waals surface area (Å²) in [5, 5.41) is 9.51. The van der Waals surface area contributed by atoms with Crippen LogP contribution in [0.25, 0.3) is 11.1 Å². The fraction of sp³-hybridized carbons (Fsp3) is 0.0952. The lowest BCUT2D eigenvalue weighted by Crippen LogP contribution is -1.95. The van der Waals surface area contributed by atoms with Crippen LogP contribution in [-0.4, -0.2) is 14.2 Å². The van der Waals surface area contributed by atoms with Crippen molar-refractivity contribution in [3.05, 3.63) is 66.2 Å². The second-order valence-corrected chi connectivity index (χ2v) is 6.35. The first-order valence-corrected chi connectivity index (χ1v) is 10.0. The first-order valence-electron chi connectivity index (χ1n) is 8.21. The van der Waals surface area contributed by atoms with Crippen molar-refractivity contribution in [2.45, 2.75) is 0 Å². The smallest absolute Gasteiger partial charge is 0.149 e. The van der Waals surface area contributed by atoms with Gasteiger partial charge in [-0.1, -0.05) is 29.9 Å². The van der Waals surface area contributed by atoms with Crippen LogP contribution >= 0.6 is 22.7 Å². The Labute approximate surface area is 172 Å². The largest absolute Gasteiger partial charge is 0.497 e. The predicted octanol–water partition coefficient (Wildman–Crippen LogP) is 5.91. The lowest BCUT2D eigenvalue weighted by atomic mass is 10.0. The molecule has 0 heterocycles. The first kappa shape index (κ1) is 19.8. The van der Waals surface area contributed by atoms with Gasteiger partial charge in [0.1, 0.15) is 51.5 Å². The van der Waals surface area contributed by atoms with Crippen molar-refractivity contribution in [2.24, 2.45) is 0 Å². The third-order valence-electron chi connectivity index (χ3n) is 4.03. The monoisotopic (exact) mass is 411 g/mol. The number of nitrogens with zero attached hydrogens (tertiary/aromatic N) is 1. The summed E-state index contributed by atoms with van der Waals surface area (Å²) in [6.07, 6.45) is 0. The molecule has 0 aliphatic rings. The molecule has 7 heteroatoms. The quantitative estimate of drug-likeness (QED) is 0.296. The average Bonchev–Trinajstić information content (AvgIpc) is 2.74. The molecule has 28 heavy (non-hydrogen) atoms.